The predicted octanol–water partition coefficient (Wildman–Crippen LogP) is 3.25. The van der Waals surface area contributed by atoms with Gasteiger partial charge in [-0.1, -0.05) is 12.1 Å². The van der Waals surface area contributed by atoms with Gasteiger partial charge >= 0.3 is 5.97 Å². The van der Waals surface area contributed by atoms with Crippen LogP contribution in [-0.2, 0) is 0 Å². The van der Waals surface area contributed by atoms with E-state index in [1.807, 2.05) is 6.07 Å². The number of benzene rings is 2. The third kappa shape index (κ3) is 2.68. The SMILES string of the molecule is N#Cc1cn(-c2ccc(C(=O)O)cc2)nc1-c1ccccc1F. The van der Waals surface area contributed by atoms with Crippen LogP contribution in [0.3, 0.4) is 0 Å². The number of carboxylic acids is 1. The highest BCUT2D eigenvalue weighted by atomic mass is 19.1. The fourth-order valence-corrected chi connectivity index (χ4v) is 2.20. The van der Waals surface area contributed by atoms with Crippen molar-refractivity contribution in [3.05, 3.63) is 71.7 Å². The largest absolute Gasteiger partial charge is 0.478 e. The van der Waals surface area contributed by atoms with E-state index in [1.54, 1.807) is 30.3 Å². The van der Waals surface area contributed by atoms with Crippen molar-refractivity contribution in [3.8, 4) is 23.0 Å². The van der Waals surface area contributed by atoms with Gasteiger partial charge < -0.3 is 5.11 Å². The number of hydrogen-bond acceptors (Lipinski definition) is 3. The van der Waals surface area contributed by atoms with Crippen LogP contribution in [0.25, 0.3) is 16.9 Å². The van der Waals surface area contributed by atoms with Crippen LogP contribution < -0.4 is 0 Å². The summed E-state index contributed by atoms with van der Waals surface area (Å²) in [5.41, 5.74) is 1.44. The van der Waals surface area contributed by atoms with Gasteiger partial charge in [0.2, 0.25) is 0 Å². The van der Waals surface area contributed by atoms with Crippen molar-refractivity contribution in [1.82, 2.24) is 9.78 Å². The van der Waals surface area contributed by atoms with E-state index in [0.717, 1.165) is 0 Å². The number of rotatable bonds is 3. The Morgan fingerprint density at radius 2 is 1.87 bits per heavy atom. The van der Waals surface area contributed by atoms with Crippen molar-refractivity contribution >= 4 is 5.97 Å². The van der Waals surface area contributed by atoms with E-state index in [-0.39, 0.29) is 22.4 Å². The lowest BCUT2D eigenvalue weighted by molar-refractivity contribution is 0.0697. The molecule has 0 bridgehead atoms. The number of aromatic carboxylic acids is 1. The van der Waals surface area contributed by atoms with E-state index in [9.17, 15) is 14.4 Å². The molecule has 112 valence electrons. The Kier molecular flexibility index (Phi) is 3.61. The maximum Gasteiger partial charge on any atom is 0.335 e. The zero-order valence-corrected chi connectivity index (χ0v) is 11.8. The molecule has 0 unspecified atom stereocenters. The van der Waals surface area contributed by atoms with Crippen LogP contribution in [0.1, 0.15) is 15.9 Å². The third-order valence-electron chi connectivity index (χ3n) is 3.34. The smallest absolute Gasteiger partial charge is 0.335 e. The topological polar surface area (TPSA) is 78.9 Å². The van der Waals surface area contributed by atoms with Gasteiger partial charge in [0.1, 0.15) is 17.6 Å². The molecule has 0 saturated carbocycles. The Morgan fingerprint density at radius 3 is 2.48 bits per heavy atom. The minimum Gasteiger partial charge on any atom is -0.478 e. The molecule has 3 rings (SSSR count). The van der Waals surface area contributed by atoms with Crippen molar-refractivity contribution in [1.29, 1.82) is 5.26 Å². The highest BCUT2D eigenvalue weighted by Gasteiger charge is 2.15. The van der Waals surface area contributed by atoms with E-state index >= 15 is 0 Å². The summed E-state index contributed by atoms with van der Waals surface area (Å²) in [4.78, 5) is 10.9. The summed E-state index contributed by atoms with van der Waals surface area (Å²) in [5, 5.41) is 22.4. The lowest BCUT2D eigenvalue weighted by Crippen LogP contribution is -1.99. The number of nitriles is 1. The van der Waals surface area contributed by atoms with E-state index in [1.165, 1.54) is 29.1 Å². The Hall–Kier alpha value is -3.46. The van der Waals surface area contributed by atoms with Gasteiger partial charge in [0.05, 0.1) is 16.8 Å². The van der Waals surface area contributed by atoms with Crippen LogP contribution in [0.2, 0.25) is 0 Å². The summed E-state index contributed by atoms with van der Waals surface area (Å²) in [7, 11) is 0. The molecule has 1 heterocycles. The third-order valence-corrected chi connectivity index (χ3v) is 3.34. The molecule has 1 aromatic heterocycles. The molecule has 0 radical (unpaired) electrons. The fraction of sp³-hybridized carbons (Fsp3) is 0. The zero-order chi connectivity index (χ0) is 16.4. The van der Waals surface area contributed by atoms with Gasteiger partial charge in [0.15, 0.2) is 0 Å². The molecule has 0 aliphatic carbocycles. The molecule has 0 aliphatic heterocycles. The summed E-state index contributed by atoms with van der Waals surface area (Å²) >= 11 is 0. The summed E-state index contributed by atoms with van der Waals surface area (Å²) < 4.78 is 15.3. The minimum atomic E-state index is -1.03. The van der Waals surface area contributed by atoms with Gasteiger partial charge in [-0.05, 0) is 36.4 Å². The molecular weight excluding hydrogens is 297 g/mol. The first-order chi connectivity index (χ1) is 11.1. The quantitative estimate of drug-likeness (QED) is 0.805. The molecule has 5 nitrogen and oxygen atoms in total. The molecule has 2 aromatic carbocycles. The van der Waals surface area contributed by atoms with Gasteiger partial charge in [0, 0.05) is 11.8 Å². The van der Waals surface area contributed by atoms with Crippen molar-refractivity contribution in [2.45, 2.75) is 0 Å². The lowest BCUT2D eigenvalue weighted by atomic mass is 10.1. The van der Waals surface area contributed by atoms with Crippen LogP contribution in [-0.4, -0.2) is 20.9 Å². The first-order valence-corrected chi connectivity index (χ1v) is 6.68. The lowest BCUT2D eigenvalue weighted by Gasteiger charge is -2.02. The van der Waals surface area contributed by atoms with Gasteiger partial charge in [-0.15, -0.1) is 0 Å². The van der Waals surface area contributed by atoms with Gasteiger partial charge in [-0.2, -0.15) is 10.4 Å². The standard InChI is InChI=1S/C17H10FN3O2/c18-15-4-2-1-3-14(15)16-12(9-19)10-21(20-16)13-7-5-11(6-8-13)17(22)23/h1-8,10H,(H,22,23). The summed E-state index contributed by atoms with van der Waals surface area (Å²) in [6, 6.07) is 14.1. The maximum absolute atomic E-state index is 13.9. The fourth-order valence-electron chi connectivity index (χ4n) is 2.20. The van der Waals surface area contributed by atoms with E-state index < -0.39 is 11.8 Å². The highest BCUT2D eigenvalue weighted by molar-refractivity contribution is 5.87. The molecule has 0 amide bonds. The summed E-state index contributed by atoms with van der Waals surface area (Å²) in [6.07, 6.45) is 1.48. The molecule has 6 heteroatoms. The maximum atomic E-state index is 13.9. The summed E-state index contributed by atoms with van der Waals surface area (Å²) in [6.45, 7) is 0. The van der Waals surface area contributed by atoms with E-state index in [0.29, 0.717) is 5.69 Å². The molecule has 3 aromatic rings. The monoisotopic (exact) mass is 307 g/mol. The highest BCUT2D eigenvalue weighted by Crippen LogP contribution is 2.25. The Morgan fingerprint density at radius 1 is 1.17 bits per heavy atom. The molecule has 0 fully saturated rings. The number of nitrogens with zero attached hydrogens (tertiary/aromatic N) is 3. The number of halogens is 1. The predicted molar refractivity (Wildman–Crippen MR) is 80.6 cm³/mol. The van der Waals surface area contributed by atoms with Gasteiger partial charge in [-0.25, -0.2) is 13.9 Å². The second-order valence-corrected chi connectivity index (χ2v) is 4.78. The molecule has 0 saturated heterocycles. The Balaban J connectivity index is 2.08. The molecule has 23 heavy (non-hydrogen) atoms. The van der Waals surface area contributed by atoms with Crippen molar-refractivity contribution in [2.75, 3.05) is 0 Å². The molecule has 0 spiro atoms. The average molecular weight is 307 g/mol. The van der Waals surface area contributed by atoms with Crippen LogP contribution >= 0.6 is 0 Å². The van der Waals surface area contributed by atoms with Gasteiger partial charge in [0.25, 0.3) is 0 Å². The number of hydrogen-bond donors (Lipinski definition) is 1. The van der Waals surface area contributed by atoms with Crippen molar-refractivity contribution in [2.24, 2.45) is 0 Å². The zero-order valence-electron chi connectivity index (χ0n) is 11.8. The second kappa shape index (κ2) is 5.73. The average Bonchev–Trinajstić information content (AvgIpc) is 2.99. The van der Waals surface area contributed by atoms with Crippen molar-refractivity contribution in [3.63, 3.8) is 0 Å². The molecule has 0 aliphatic rings. The Labute approximate surface area is 130 Å². The first-order valence-electron chi connectivity index (χ1n) is 6.68. The Bertz CT molecular complexity index is 924. The molecule has 0 atom stereocenters. The number of aromatic nitrogens is 2. The van der Waals surface area contributed by atoms with E-state index in [2.05, 4.69) is 5.10 Å². The van der Waals surface area contributed by atoms with Crippen LogP contribution in [0.5, 0.6) is 0 Å². The van der Waals surface area contributed by atoms with E-state index in [4.69, 9.17) is 5.11 Å². The second-order valence-electron chi connectivity index (χ2n) is 4.78. The normalized spacial score (nSPS) is 10.3. The van der Waals surface area contributed by atoms with Gasteiger partial charge in [-0.3, -0.25) is 0 Å². The number of carbonyl (C=O) groups is 1. The number of carboxylic acid groups (broad SMARTS) is 1. The minimum absolute atomic E-state index is 0.149. The van der Waals surface area contributed by atoms with Crippen LogP contribution in [0, 0.1) is 17.1 Å². The first kappa shape index (κ1) is 14.5. The molecule has 1 N–H and O–H groups in total. The van der Waals surface area contributed by atoms with Crippen molar-refractivity contribution < 1.29 is 14.3 Å². The molecular formula is C17H10FN3O2. The summed E-state index contributed by atoms with van der Waals surface area (Å²) in [5.74, 6) is -1.49. The van der Waals surface area contributed by atoms with Crippen LogP contribution in [0.4, 0.5) is 4.39 Å². The van der Waals surface area contributed by atoms with Crippen LogP contribution in [0.15, 0.2) is 54.7 Å².